The van der Waals surface area contributed by atoms with E-state index in [0.29, 0.717) is 10.0 Å². The van der Waals surface area contributed by atoms with Gasteiger partial charge in [0.15, 0.2) is 6.61 Å². The Morgan fingerprint density at radius 3 is 2.56 bits per heavy atom. The molecule has 128 valence electrons. The minimum Gasteiger partial charge on any atom is -0.451 e. The molecule has 3 aromatic rings. The highest BCUT2D eigenvalue weighted by Gasteiger charge is 2.20. The van der Waals surface area contributed by atoms with E-state index in [2.05, 4.69) is 0 Å². The number of rotatable bonds is 4. The van der Waals surface area contributed by atoms with Gasteiger partial charge in [0.2, 0.25) is 0 Å². The molecule has 0 fully saturated rings. The van der Waals surface area contributed by atoms with E-state index in [4.69, 9.17) is 27.9 Å². The van der Waals surface area contributed by atoms with Gasteiger partial charge in [-0.1, -0.05) is 47.5 Å². The summed E-state index contributed by atoms with van der Waals surface area (Å²) in [5, 5.41) is 1.60. The maximum absolute atomic E-state index is 12.3. The summed E-state index contributed by atoms with van der Waals surface area (Å²) in [5.41, 5.74) is 0.720. The van der Waals surface area contributed by atoms with Crippen LogP contribution in [-0.4, -0.2) is 25.5 Å². The second-order valence-corrected chi connectivity index (χ2v) is 7.12. The summed E-state index contributed by atoms with van der Waals surface area (Å²) in [6.07, 6.45) is 0. The van der Waals surface area contributed by atoms with Gasteiger partial charge in [-0.3, -0.25) is 4.79 Å². The minimum absolute atomic E-state index is 0.258. The molecule has 0 bridgehead atoms. The second-order valence-electron chi connectivity index (χ2n) is 5.25. The van der Waals surface area contributed by atoms with Crippen LogP contribution in [0.5, 0.6) is 0 Å². The average molecular weight is 394 g/mol. The largest absolute Gasteiger partial charge is 0.451 e. The fraction of sp³-hybridized carbons (Fsp3) is 0.111. The maximum Gasteiger partial charge on any atom is 0.350 e. The quantitative estimate of drug-likeness (QED) is 0.584. The van der Waals surface area contributed by atoms with Crippen LogP contribution >= 0.6 is 34.5 Å². The number of nitrogens with zero attached hydrogens (tertiary/aromatic N) is 1. The molecule has 0 radical (unpaired) electrons. The van der Waals surface area contributed by atoms with Crippen LogP contribution in [0.2, 0.25) is 10.0 Å². The summed E-state index contributed by atoms with van der Waals surface area (Å²) in [6, 6.07) is 14.3. The lowest BCUT2D eigenvalue weighted by atomic mass is 10.2. The second kappa shape index (κ2) is 7.44. The van der Waals surface area contributed by atoms with Gasteiger partial charge in [-0.2, -0.15) is 0 Å². The Balaban J connectivity index is 1.70. The van der Waals surface area contributed by atoms with Gasteiger partial charge in [0.1, 0.15) is 4.88 Å². The van der Waals surface area contributed by atoms with E-state index in [1.54, 1.807) is 37.4 Å². The first kappa shape index (κ1) is 17.7. The number of anilines is 1. The Bertz CT molecular complexity index is 940. The highest BCUT2D eigenvalue weighted by atomic mass is 35.5. The lowest BCUT2D eigenvalue weighted by Gasteiger charge is -2.16. The number of carbonyl (C=O) groups is 2. The molecule has 0 unspecified atom stereocenters. The molecule has 7 heteroatoms. The van der Waals surface area contributed by atoms with Gasteiger partial charge in [0, 0.05) is 27.8 Å². The predicted molar refractivity (Wildman–Crippen MR) is 102 cm³/mol. The van der Waals surface area contributed by atoms with Gasteiger partial charge < -0.3 is 9.64 Å². The first-order valence-electron chi connectivity index (χ1n) is 7.33. The summed E-state index contributed by atoms with van der Waals surface area (Å²) < 4.78 is 5.93. The Morgan fingerprint density at radius 2 is 1.84 bits per heavy atom. The third-order valence-corrected chi connectivity index (χ3v) is 5.49. The van der Waals surface area contributed by atoms with Crippen molar-refractivity contribution in [2.75, 3.05) is 18.6 Å². The Morgan fingerprint density at radius 1 is 1.12 bits per heavy atom. The number of hydrogen-bond donors (Lipinski definition) is 0. The van der Waals surface area contributed by atoms with Gasteiger partial charge in [-0.15, -0.1) is 11.3 Å². The number of ether oxygens (including phenoxy) is 1. The van der Waals surface area contributed by atoms with Gasteiger partial charge in [-0.05, 0) is 24.3 Å². The lowest BCUT2D eigenvalue weighted by Crippen LogP contribution is -2.31. The molecule has 0 spiro atoms. The lowest BCUT2D eigenvalue weighted by molar-refractivity contribution is -0.121. The first-order chi connectivity index (χ1) is 12.0. The van der Waals surface area contributed by atoms with Crippen LogP contribution in [0.4, 0.5) is 5.69 Å². The Labute approximate surface area is 158 Å². The summed E-state index contributed by atoms with van der Waals surface area (Å²) in [5.74, 6) is -0.961. The highest BCUT2D eigenvalue weighted by molar-refractivity contribution is 7.21. The van der Waals surface area contributed by atoms with Crippen molar-refractivity contribution in [2.45, 2.75) is 0 Å². The minimum atomic E-state index is -0.628. The standard InChI is InChI=1S/C18H13Cl2NO3S/c1-21(12-5-3-2-4-6-12)15(22)10-24-18(23)17-16(20)13-8-7-11(19)9-14(13)25-17/h2-9H,10H2,1H3. The van der Waals surface area contributed by atoms with E-state index in [-0.39, 0.29) is 17.4 Å². The van der Waals surface area contributed by atoms with Crippen molar-refractivity contribution in [2.24, 2.45) is 0 Å². The summed E-state index contributed by atoms with van der Waals surface area (Å²) in [6.45, 7) is -0.366. The molecule has 0 N–H and O–H groups in total. The highest BCUT2D eigenvalue weighted by Crippen LogP contribution is 2.37. The number of carbonyl (C=O) groups excluding carboxylic acids is 2. The molecule has 25 heavy (non-hydrogen) atoms. The van der Waals surface area contributed by atoms with Crippen molar-refractivity contribution in [3.8, 4) is 0 Å². The van der Waals surface area contributed by atoms with E-state index in [0.717, 1.165) is 15.8 Å². The number of esters is 1. The smallest absolute Gasteiger partial charge is 0.350 e. The molecule has 0 aliphatic heterocycles. The number of amides is 1. The third kappa shape index (κ3) is 3.79. The number of benzene rings is 2. The van der Waals surface area contributed by atoms with Crippen LogP contribution in [0.15, 0.2) is 48.5 Å². The molecule has 0 aliphatic carbocycles. The van der Waals surface area contributed by atoms with E-state index in [1.807, 2.05) is 18.2 Å². The molecular weight excluding hydrogens is 381 g/mol. The number of likely N-dealkylation sites (N-methyl/N-ethyl adjacent to an activating group) is 1. The SMILES string of the molecule is CN(C(=O)COC(=O)c1sc2cc(Cl)ccc2c1Cl)c1ccccc1. The Kier molecular flexibility index (Phi) is 5.27. The zero-order valence-electron chi connectivity index (χ0n) is 13.2. The predicted octanol–water partition coefficient (Wildman–Crippen LogP) is 5.03. The van der Waals surface area contributed by atoms with Crippen LogP contribution in [-0.2, 0) is 9.53 Å². The molecule has 0 atom stereocenters. The molecular formula is C18H13Cl2NO3S. The zero-order chi connectivity index (χ0) is 18.0. The van der Waals surface area contributed by atoms with Crippen LogP contribution in [0.3, 0.4) is 0 Å². The van der Waals surface area contributed by atoms with Crippen LogP contribution < -0.4 is 4.90 Å². The Hall–Kier alpha value is -2.08. The van der Waals surface area contributed by atoms with Crippen molar-refractivity contribution < 1.29 is 14.3 Å². The van der Waals surface area contributed by atoms with E-state index < -0.39 is 5.97 Å². The summed E-state index contributed by atoms with van der Waals surface area (Å²) >= 11 is 13.4. The number of halogens is 2. The fourth-order valence-corrected chi connectivity index (χ4v) is 3.93. The van der Waals surface area contributed by atoms with Gasteiger partial charge >= 0.3 is 5.97 Å². The van der Waals surface area contributed by atoms with Crippen molar-refractivity contribution >= 4 is 62.2 Å². The monoisotopic (exact) mass is 393 g/mol. The number of thiophene rings is 1. The molecule has 0 saturated heterocycles. The summed E-state index contributed by atoms with van der Waals surface area (Å²) in [7, 11) is 1.62. The maximum atomic E-state index is 12.3. The van der Waals surface area contributed by atoms with Gasteiger partial charge in [-0.25, -0.2) is 4.79 Å². The van der Waals surface area contributed by atoms with Crippen LogP contribution in [0, 0.1) is 0 Å². The van der Waals surface area contributed by atoms with Crippen molar-refractivity contribution in [1.82, 2.24) is 0 Å². The van der Waals surface area contributed by atoms with Crippen molar-refractivity contribution in [3.05, 3.63) is 63.5 Å². The van der Waals surface area contributed by atoms with Crippen LogP contribution in [0.25, 0.3) is 10.1 Å². The molecule has 0 aliphatic rings. The average Bonchev–Trinajstić information content (AvgIpc) is 2.95. The van der Waals surface area contributed by atoms with E-state index >= 15 is 0 Å². The van der Waals surface area contributed by atoms with Crippen molar-refractivity contribution in [1.29, 1.82) is 0 Å². The normalized spacial score (nSPS) is 10.7. The van der Waals surface area contributed by atoms with Crippen molar-refractivity contribution in [3.63, 3.8) is 0 Å². The van der Waals surface area contributed by atoms with E-state index in [1.165, 1.54) is 16.2 Å². The summed E-state index contributed by atoms with van der Waals surface area (Å²) in [4.78, 5) is 26.2. The molecule has 0 saturated carbocycles. The topological polar surface area (TPSA) is 46.6 Å². The fourth-order valence-electron chi connectivity index (χ4n) is 2.26. The number of hydrogen-bond acceptors (Lipinski definition) is 4. The molecule has 4 nitrogen and oxygen atoms in total. The zero-order valence-corrected chi connectivity index (χ0v) is 15.5. The molecule has 2 aromatic carbocycles. The first-order valence-corrected chi connectivity index (χ1v) is 8.91. The van der Waals surface area contributed by atoms with Gasteiger partial charge in [0.05, 0.1) is 5.02 Å². The molecule has 1 amide bonds. The molecule has 3 rings (SSSR count). The molecule has 1 heterocycles. The molecule has 1 aromatic heterocycles. The van der Waals surface area contributed by atoms with Gasteiger partial charge in [0.25, 0.3) is 5.91 Å². The van der Waals surface area contributed by atoms with E-state index in [9.17, 15) is 9.59 Å². The third-order valence-electron chi connectivity index (χ3n) is 3.62. The van der Waals surface area contributed by atoms with Crippen LogP contribution in [0.1, 0.15) is 9.67 Å². The number of fused-ring (bicyclic) bond motifs is 1. The number of para-hydroxylation sites is 1.